The zero-order valence-electron chi connectivity index (χ0n) is 10.3. The number of amides is 1. The average molecular weight is 227 g/mol. The van der Waals surface area contributed by atoms with Gasteiger partial charge in [0.1, 0.15) is 5.60 Å². The molecule has 1 amide bonds. The average Bonchev–Trinajstić information content (AvgIpc) is 2.37. The van der Waals surface area contributed by atoms with Crippen LogP contribution in [0.4, 0.5) is 4.79 Å². The van der Waals surface area contributed by atoms with Gasteiger partial charge in [0.15, 0.2) is 0 Å². The number of aliphatic hydroxyl groups is 1. The van der Waals surface area contributed by atoms with E-state index in [9.17, 15) is 9.90 Å². The van der Waals surface area contributed by atoms with Gasteiger partial charge in [-0.05, 0) is 39.5 Å². The normalized spacial score (nSPS) is 33.2. The van der Waals surface area contributed by atoms with Gasteiger partial charge >= 0.3 is 6.09 Å². The number of carbonyl (C=O) groups is 1. The smallest absolute Gasteiger partial charge is 0.410 e. The highest BCUT2D eigenvalue weighted by Crippen LogP contribution is 2.51. The minimum absolute atomic E-state index is 0.0170. The monoisotopic (exact) mass is 227 g/mol. The third-order valence-corrected chi connectivity index (χ3v) is 3.77. The Bertz CT molecular complexity index is 293. The first kappa shape index (κ1) is 11.7. The number of nitrogens with zero attached hydrogens (tertiary/aromatic N) is 1. The van der Waals surface area contributed by atoms with Crippen molar-refractivity contribution in [1.82, 2.24) is 4.90 Å². The van der Waals surface area contributed by atoms with Crippen molar-refractivity contribution in [3.05, 3.63) is 0 Å². The van der Waals surface area contributed by atoms with E-state index in [2.05, 4.69) is 0 Å². The lowest BCUT2D eigenvalue weighted by molar-refractivity contribution is 0.00856. The van der Waals surface area contributed by atoms with Gasteiger partial charge in [0.05, 0.1) is 6.61 Å². The molecule has 1 saturated carbocycles. The fourth-order valence-electron chi connectivity index (χ4n) is 2.68. The summed E-state index contributed by atoms with van der Waals surface area (Å²) in [5.74, 6) is 0.477. The van der Waals surface area contributed by atoms with Crippen molar-refractivity contribution in [3.8, 4) is 0 Å². The van der Waals surface area contributed by atoms with Crippen molar-refractivity contribution in [3.63, 3.8) is 0 Å². The molecular formula is C12H21NO3. The zero-order valence-corrected chi connectivity index (χ0v) is 10.3. The molecule has 2 rings (SSSR count). The number of hydrogen-bond acceptors (Lipinski definition) is 3. The summed E-state index contributed by atoms with van der Waals surface area (Å²) in [5.41, 5.74) is -0.456. The van der Waals surface area contributed by atoms with Gasteiger partial charge in [0.2, 0.25) is 0 Å². The predicted octanol–water partition coefficient (Wildman–Crippen LogP) is 1.63. The van der Waals surface area contributed by atoms with E-state index in [0.717, 1.165) is 19.4 Å². The molecule has 4 heteroatoms. The summed E-state index contributed by atoms with van der Waals surface area (Å²) in [7, 11) is 0. The van der Waals surface area contributed by atoms with Crippen LogP contribution in [0.3, 0.4) is 0 Å². The molecule has 1 N–H and O–H groups in total. The minimum atomic E-state index is -0.439. The second-order valence-electron chi connectivity index (χ2n) is 6.12. The fourth-order valence-corrected chi connectivity index (χ4v) is 2.68. The first-order chi connectivity index (χ1) is 7.36. The fraction of sp³-hybridized carbons (Fsp3) is 0.917. The Morgan fingerprint density at radius 3 is 2.62 bits per heavy atom. The summed E-state index contributed by atoms with van der Waals surface area (Å²) in [5, 5.41) is 9.40. The SMILES string of the molecule is CC(C)(C)OC(=O)N1CC2CCC2(CO)C1. The maximum Gasteiger partial charge on any atom is 0.410 e. The number of ether oxygens (including phenoxy) is 1. The third kappa shape index (κ3) is 1.90. The molecule has 0 aromatic carbocycles. The third-order valence-electron chi connectivity index (χ3n) is 3.77. The molecule has 1 heterocycles. The molecule has 2 unspecified atom stereocenters. The Balaban J connectivity index is 1.96. The lowest BCUT2D eigenvalue weighted by Crippen LogP contribution is -2.43. The van der Waals surface area contributed by atoms with Crippen LogP contribution in [-0.4, -0.2) is 41.4 Å². The van der Waals surface area contributed by atoms with Crippen LogP contribution in [0.25, 0.3) is 0 Å². The minimum Gasteiger partial charge on any atom is -0.444 e. The molecule has 0 radical (unpaired) electrons. The molecule has 1 saturated heterocycles. The Labute approximate surface area is 96.6 Å². The molecule has 0 aromatic rings. The van der Waals surface area contributed by atoms with Gasteiger partial charge in [-0.3, -0.25) is 0 Å². The van der Waals surface area contributed by atoms with E-state index in [1.54, 1.807) is 4.90 Å². The van der Waals surface area contributed by atoms with E-state index in [-0.39, 0.29) is 18.1 Å². The molecule has 1 aliphatic heterocycles. The van der Waals surface area contributed by atoms with Crippen molar-refractivity contribution in [2.24, 2.45) is 11.3 Å². The van der Waals surface area contributed by atoms with Crippen molar-refractivity contribution in [1.29, 1.82) is 0 Å². The van der Waals surface area contributed by atoms with Crippen LogP contribution in [0.1, 0.15) is 33.6 Å². The van der Waals surface area contributed by atoms with Crippen LogP contribution >= 0.6 is 0 Å². The molecule has 2 aliphatic rings. The molecule has 1 aliphatic carbocycles. The Kier molecular flexibility index (Phi) is 2.65. The van der Waals surface area contributed by atoms with Gasteiger partial charge in [-0.15, -0.1) is 0 Å². The largest absolute Gasteiger partial charge is 0.444 e. The van der Waals surface area contributed by atoms with E-state index in [1.807, 2.05) is 20.8 Å². The maximum absolute atomic E-state index is 11.9. The summed E-state index contributed by atoms with van der Waals surface area (Å²) in [6.45, 7) is 7.21. The van der Waals surface area contributed by atoms with Crippen LogP contribution in [0.15, 0.2) is 0 Å². The number of likely N-dealkylation sites (tertiary alicyclic amines) is 1. The topological polar surface area (TPSA) is 49.8 Å². The molecule has 4 nitrogen and oxygen atoms in total. The summed E-state index contributed by atoms with van der Waals surface area (Å²) in [6.07, 6.45) is 1.92. The first-order valence-electron chi connectivity index (χ1n) is 5.95. The van der Waals surface area contributed by atoms with Gasteiger partial charge < -0.3 is 14.7 Å². The van der Waals surface area contributed by atoms with Crippen LogP contribution in [0, 0.1) is 11.3 Å². The van der Waals surface area contributed by atoms with Gasteiger partial charge in [-0.2, -0.15) is 0 Å². The van der Waals surface area contributed by atoms with Crippen LogP contribution < -0.4 is 0 Å². The van der Waals surface area contributed by atoms with Gasteiger partial charge in [-0.1, -0.05) is 0 Å². The van der Waals surface area contributed by atoms with Gasteiger partial charge in [0, 0.05) is 18.5 Å². The van der Waals surface area contributed by atoms with E-state index < -0.39 is 5.60 Å². The van der Waals surface area contributed by atoms with E-state index in [4.69, 9.17) is 4.74 Å². The molecule has 16 heavy (non-hydrogen) atoms. The molecule has 92 valence electrons. The highest BCUT2D eigenvalue weighted by atomic mass is 16.6. The number of fused-ring (bicyclic) bond motifs is 1. The second kappa shape index (κ2) is 3.62. The van der Waals surface area contributed by atoms with E-state index in [1.165, 1.54) is 0 Å². The molecule has 0 bridgehead atoms. The highest BCUT2D eigenvalue weighted by Gasteiger charge is 2.54. The standard InChI is InChI=1S/C12H21NO3/c1-11(2,3)16-10(15)13-6-9-4-5-12(9,7-13)8-14/h9,14H,4-8H2,1-3H3. The second-order valence-corrected chi connectivity index (χ2v) is 6.12. The van der Waals surface area contributed by atoms with Crippen LogP contribution in [0.5, 0.6) is 0 Å². The number of rotatable bonds is 1. The van der Waals surface area contributed by atoms with Crippen molar-refractivity contribution < 1.29 is 14.6 Å². The first-order valence-corrected chi connectivity index (χ1v) is 5.95. The molecule has 0 spiro atoms. The van der Waals surface area contributed by atoms with E-state index >= 15 is 0 Å². The number of hydrogen-bond donors (Lipinski definition) is 1. The van der Waals surface area contributed by atoms with Crippen molar-refractivity contribution in [2.45, 2.75) is 39.2 Å². The predicted molar refractivity (Wildman–Crippen MR) is 60.0 cm³/mol. The summed E-state index contributed by atoms with van der Waals surface area (Å²) >= 11 is 0. The van der Waals surface area contributed by atoms with Crippen molar-refractivity contribution >= 4 is 6.09 Å². The molecular weight excluding hydrogens is 206 g/mol. The Hall–Kier alpha value is -0.770. The summed E-state index contributed by atoms with van der Waals surface area (Å²) in [4.78, 5) is 13.6. The zero-order chi connectivity index (χ0) is 12.0. The number of aliphatic hydroxyl groups excluding tert-OH is 1. The quantitative estimate of drug-likeness (QED) is 0.740. The number of carbonyl (C=O) groups excluding carboxylic acids is 1. The van der Waals surface area contributed by atoms with Gasteiger partial charge in [-0.25, -0.2) is 4.79 Å². The Morgan fingerprint density at radius 1 is 1.56 bits per heavy atom. The molecule has 2 atom stereocenters. The van der Waals surface area contributed by atoms with E-state index in [0.29, 0.717) is 12.5 Å². The summed E-state index contributed by atoms with van der Waals surface area (Å²) < 4.78 is 5.34. The summed E-state index contributed by atoms with van der Waals surface area (Å²) in [6, 6.07) is 0. The van der Waals surface area contributed by atoms with Crippen LogP contribution in [-0.2, 0) is 4.74 Å². The Morgan fingerprint density at radius 2 is 2.25 bits per heavy atom. The maximum atomic E-state index is 11.9. The molecule has 2 fully saturated rings. The van der Waals surface area contributed by atoms with Crippen molar-refractivity contribution in [2.75, 3.05) is 19.7 Å². The van der Waals surface area contributed by atoms with Crippen LogP contribution in [0.2, 0.25) is 0 Å². The van der Waals surface area contributed by atoms with Gasteiger partial charge in [0.25, 0.3) is 0 Å². The lowest BCUT2D eigenvalue weighted by atomic mass is 9.63. The molecule has 0 aromatic heterocycles. The highest BCUT2D eigenvalue weighted by molar-refractivity contribution is 5.68. The lowest BCUT2D eigenvalue weighted by Gasteiger charge is -2.42.